The monoisotopic (exact) mass is 304 g/mol. The Labute approximate surface area is 124 Å². The van der Waals surface area contributed by atoms with E-state index in [1.165, 1.54) is 7.11 Å². The minimum atomic E-state index is -1.16. The highest BCUT2D eigenvalue weighted by atomic mass is 16.8. The van der Waals surface area contributed by atoms with Gasteiger partial charge in [-0.2, -0.15) is 0 Å². The van der Waals surface area contributed by atoms with E-state index in [2.05, 4.69) is 4.74 Å². The second-order valence-corrected chi connectivity index (χ2v) is 5.73. The summed E-state index contributed by atoms with van der Waals surface area (Å²) in [5.74, 6) is -1.51. The minimum absolute atomic E-state index is 0.471. The summed E-state index contributed by atoms with van der Waals surface area (Å²) >= 11 is 0. The molecule has 0 aromatic heterocycles. The van der Waals surface area contributed by atoms with E-state index in [0.717, 1.165) is 12.8 Å². The van der Waals surface area contributed by atoms with Crippen LogP contribution in [0, 0.1) is 0 Å². The maximum Gasteiger partial charge on any atom is 0.337 e. The lowest BCUT2D eigenvalue weighted by molar-refractivity contribution is -0.259. The second kappa shape index (κ2) is 6.58. The van der Waals surface area contributed by atoms with E-state index in [4.69, 9.17) is 18.9 Å². The SMILES string of the molecule is CCCCOC1C2OC(C)(C)O[C@@H]2OC(C(=O)OC)[C@H]1O. The molecule has 0 saturated carbocycles. The zero-order chi connectivity index (χ0) is 15.6. The maximum absolute atomic E-state index is 11.7. The van der Waals surface area contributed by atoms with E-state index in [1.54, 1.807) is 13.8 Å². The Hall–Kier alpha value is -0.730. The highest BCUT2D eigenvalue weighted by Crippen LogP contribution is 2.37. The van der Waals surface area contributed by atoms with E-state index in [-0.39, 0.29) is 0 Å². The number of methoxy groups -OCH3 is 1. The van der Waals surface area contributed by atoms with Crippen molar-refractivity contribution in [3.05, 3.63) is 0 Å². The molecule has 0 bridgehead atoms. The molecule has 2 aliphatic rings. The van der Waals surface area contributed by atoms with Gasteiger partial charge >= 0.3 is 5.97 Å². The van der Waals surface area contributed by atoms with Crippen LogP contribution in [0.5, 0.6) is 0 Å². The topological polar surface area (TPSA) is 83.5 Å². The third-order valence-corrected chi connectivity index (χ3v) is 3.58. The molecular weight excluding hydrogens is 280 g/mol. The predicted molar refractivity (Wildman–Crippen MR) is 71.4 cm³/mol. The van der Waals surface area contributed by atoms with E-state index < -0.39 is 42.5 Å². The Morgan fingerprint density at radius 2 is 2.05 bits per heavy atom. The van der Waals surface area contributed by atoms with Crippen molar-refractivity contribution in [1.82, 2.24) is 0 Å². The lowest BCUT2D eigenvalue weighted by atomic mass is 9.98. The summed E-state index contributed by atoms with van der Waals surface area (Å²) in [5, 5.41) is 10.4. The fourth-order valence-electron chi connectivity index (χ4n) is 2.54. The first kappa shape index (κ1) is 16.6. The van der Waals surface area contributed by atoms with Crippen molar-refractivity contribution in [2.75, 3.05) is 13.7 Å². The number of esters is 1. The summed E-state index contributed by atoms with van der Waals surface area (Å²) in [7, 11) is 1.24. The van der Waals surface area contributed by atoms with E-state index in [1.807, 2.05) is 6.92 Å². The van der Waals surface area contributed by atoms with Gasteiger partial charge in [0.2, 0.25) is 0 Å². The molecular formula is C14H24O7. The van der Waals surface area contributed by atoms with Crippen LogP contribution in [0.25, 0.3) is 0 Å². The summed E-state index contributed by atoms with van der Waals surface area (Å²) in [4.78, 5) is 11.7. The molecule has 2 fully saturated rings. The van der Waals surface area contributed by atoms with Gasteiger partial charge in [-0.15, -0.1) is 0 Å². The molecule has 0 aliphatic carbocycles. The number of fused-ring (bicyclic) bond motifs is 1. The molecule has 7 heteroatoms. The molecule has 0 amide bonds. The number of rotatable bonds is 5. The Bertz CT molecular complexity index is 370. The molecule has 2 heterocycles. The van der Waals surface area contributed by atoms with Crippen LogP contribution in [0.4, 0.5) is 0 Å². The van der Waals surface area contributed by atoms with E-state index in [0.29, 0.717) is 6.61 Å². The van der Waals surface area contributed by atoms with Crippen molar-refractivity contribution in [1.29, 1.82) is 0 Å². The molecule has 122 valence electrons. The van der Waals surface area contributed by atoms with Crippen LogP contribution in [0.2, 0.25) is 0 Å². The van der Waals surface area contributed by atoms with Gasteiger partial charge in [-0.1, -0.05) is 13.3 Å². The number of aliphatic hydroxyl groups excluding tert-OH is 1. The average Bonchev–Trinajstić information content (AvgIpc) is 2.74. The zero-order valence-corrected chi connectivity index (χ0v) is 12.9. The molecule has 0 aromatic carbocycles. The first-order valence-corrected chi connectivity index (χ1v) is 7.28. The third kappa shape index (κ3) is 3.54. The number of carbonyl (C=O) groups excluding carboxylic acids is 1. The van der Waals surface area contributed by atoms with Gasteiger partial charge in [0, 0.05) is 6.61 Å². The van der Waals surface area contributed by atoms with Crippen molar-refractivity contribution < 1.29 is 33.6 Å². The Morgan fingerprint density at radius 3 is 2.67 bits per heavy atom. The van der Waals surface area contributed by atoms with Gasteiger partial charge in [0.05, 0.1) is 7.11 Å². The molecule has 5 atom stereocenters. The van der Waals surface area contributed by atoms with Crippen LogP contribution in [0.3, 0.4) is 0 Å². The van der Waals surface area contributed by atoms with Crippen molar-refractivity contribution in [2.24, 2.45) is 0 Å². The lowest BCUT2D eigenvalue weighted by Gasteiger charge is -2.38. The lowest BCUT2D eigenvalue weighted by Crippen LogP contribution is -2.59. The molecule has 2 saturated heterocycles. The van der Waals surface area contributed by atoms with Crippen LogP contribution < -0.4 is 0 Å². The van der Waals surface area contributed by atoms with Crippen molar-refractivity contribution in [3.8, 4) is 0 Å². The number of aliphatic hydroxyl groups is 1. The molecule has 0 radical (unpaired) electrons. The van der Waals surface area contributed by atoms with Crippen molar-refractivity contribution >= 4 is 5.97 Å². The highest BCUT2D eigenvalue weighted by molar-refractivity contribution is 5.75. The summed E-state index contributed by atoms with van der Waals surface area (Å²) in [6.07, 6.45) is -2.51. The fraction of sp³-hybridized carbons (Fsp3) is 0.929. The number of carbonyl (C=O) groups is 1. The number of unbranched alkanes of at least 4 members (excludes halogenated alkanes) is 1. The minimum Gasteiger partial charge on any atom is -0.467 e. The second-order valence-electron chi connectivity index (χ2n) is 5.73. The Balaban J connectivity index is 2.14. The smallest absolute Gasteiger partial charge is 0.337 e. The van der Waals surface area contributed by atoms with Crippen LogP contribution in [-0.2, 0) is 28.5 Å². The summed E-state index contributed by atoms with van der Waals surface area (Å²) in [5.41, 5.74) is 0. The Morgan fingerprint density at radius 1 is 1.33 bits per heavy atom. The first-order valence-electron chi connectivity index (χ1n) is 7.28. The summed E-state index contributed by atoms with van der Waals surface area (Å²) in [6.45, 7) is 6.01. The third-order valence-electron chi connectivity index (χ3n) is 3.58. The average molecular weight is 304 g/mol. The fourth-order valence-corrected chi connectivity index (χ4v) is 2.54. The van der Waals surface area contributed by atoms with Gasteiger partial charge in [0.15, 0.2) is 18.2 Å². The maximum atomic E-state index is 11.7. The largest absolute Gasteiger partial charge is 0.467 e. The van der Waals surface area contributed by atoms with E-state index in [9.17, 15) is 9.90 Å². The van der Waals surface area contributed by atoms with Crippen LogP contribution in [-0.4, -0.2) is 61.3 Å². The summed E-state index contributed by atoms with van der Waals surface area (Å²) in [6, 6.07) is 0. The molecule has 1 N–H and O–H groups in total. The van der Waals surface area contributed by atoms with Gasteiger partial charge in [0.25, 0.3) is 0 Å². The van der Waals surface area contributed by atoms with Crippen LogP contribution in [0.1, 0.15) is 33.6 Å². The van der Waals surface area contributed by atoms with Crippen LogP contribution in [0.15, 0.2) is 0 Å². The van der Waals surface area contributed by atoms with Crippen LogP contribution >= 0.6 is 0 Å². The van der Waals surface area contributed by atoms with Crippen molar-refractivity contribution in [3.63, 3.8) is 0 Å². The predicted octanol–water partition coefficient (Wildman–Crippen LogP) is 0.582. The van der Waals surface area contributed by atoms with Gasteiger partial charge in [-0.05, 0) is 20.3 Å². The standard InChI is InChI=1S/C14H24O7/c1-5-6-7-18-9-8(15)10(12(16)17-4)19-13-11(9)20-14(2,3)21-13/h8-11,13,15H,5-7H2,1-4H3/t8-,9?,10?,11?,13-/m0/s1. The normalized spacial score (nSPS) is 38.0. The molecule has 0 aromatic rings. The first-order chi connectivity index (χ1) is 9.89. The van der Waals surface area contributed by atoms with Crippen molar-refractivity contribution in [2.45, 2.75) is 70.1 Å². The number of hydrogen-bond acceptors (Lipinski definition) is 7. The van der Waals surface area contributed by atoms with Gasteiger partial charge in [0.1, 0.15) is 18.3 Å². The van der Waals surface area contributed by atoms with Gasteiger partial charge < -0.3 is 28.8 Å². The van der Waals surface area contributed by atoms with Gasteiger partial charge in [-0.25, -0.2) is 4.79 Å². The quantitative estimate of drug-likeness (QED) is 0.587. The molecule has 2 rings (SSSR count). The molecule has 7 nitrogen and oxygen atoms in total. The van der Waals surface area contributed by atoms with E-state index >= 15 is 0 Å². The molecule has 3 unspecified atom stereocenters. The molecule has 0 spiro atoms. The number of hydrogen-bond donors (Lipinski definition) is 1. The van der Waals surface area contributed by atoms with Gasteiger partial charge in [-0.3, -0.25) is 0 Å². The molecule has 2 aliphatic heterocycles. The zero-order valence-electron chi connectivity index (χ0n) is 12.9. The summed E-state index contributed by atoms with van der Waals surface area (Å²) < 4.78 is 27.2. The molecule has 21 heavy (non-hydrogen) atoms. The highest BCUT2D eigenvalue weighted by Gasteiger charge is 2.56. The Kier molecular flexibility index (Phi) is 5.21. The number of ether oxygens (including phenoxy) is 5.